The van der Waals surface area contributed by atoms with E-state index in [1.165, 1.54) is 6.08 Å². The van der Waals surface area contributed by atoms with Crippen molar-refractivity contribution in [2.75, 3.05) is 0 Å². The molecular weight excluding hydrogens is 136 g/mol. The van der Waals surface area contributed by atoms with Crippen LogP contribution < -0.4 is 0 Å². The number of ketones is 1. The molecule has 0 aromatic carbocycles. The van der Waals surface area contributed by atoms with Gasteiger partial charge in [0.05, 0.1) is 0 Å². The van der Waals surface area contributed by atoms with Crippen LogP contribution in [0.1, 0.15) is 6.92 Å². The second-order valence-electron chi connectivity index (χ2n) is 1.99. The third-order valence-electron chi connectivity index (χ3n) is 1.10. The summed E-state index contributed by atoms with van der Waals surface area (Å²) in [5.74, 6) is -2.49. The lowest BCUT2D eigenvalue weighted by atomic mass is 10.2. The fraction of sp³-hybridized carbons (Fsp3) is 0.333. The molecule has 0 aliphatic carbocycles. The maximum atomic E-state index is 10.5. The van der Waals surface area contributed by atoms with Gasteiger partial charge in [0.1, 0.15) is 6.10 Å². The van der Waals surface area contributed by atoms with E-state index in [1.807, 2.05) is 0 Å². The van der Waals surface area contributed by atoms with Gasteiger partial charge in [0.15, 0.2) is 5.76 Å². The van der Waals surface area contributed by atoms with E-state index in [0.29, 0.717) is 0 Å². The summed E-state index contributed by atoms with van der Waals surface area (Å²) in [4.78, 5) is 20.9. The Balaban J connectivity index is 2.91. The van der Waals surface area contributed by atoms with Crippen LogP contribution in [0.4, 0.5) is 0 Å². The Bertz CT molecular complexity index is 216. The largest absolute Gasteiger partial charge is 0.504 e. The minimum Gasteiger partial charge on any atom is -0.504 e. The summed E-state index contributed by atoms with van der Waals surface area (Å²) >= 11 is 0. The summed E-state index contributed by atoms with van der Waals surface area (Å²) in [6, 6.07) is 0. The number of esters is 1. The Kier molecular flexibility index (Phi) is 1.45. The minimum absolute atomic E-state index is 0.509. The molecule has 0 radical (unpaired) electrons. The van der Waals surface area contributed by atoms with E-state index in [9.17, 15) is 9.59 Å². The van der Waals surface area contributed by atoms with Crippen molar-refractivity contribution in [3.63, 3.8) is 0 Å². The molecule has 0 fully saturated rings. The standard InChI is InChI=1S/C6H6O4/c1-3-2-4(7)5(8)6(9)10-3/h2-3,7H,1H3. The molecular formula is C6H6O4. The number of aliphatic hydroxyl groups excluding tert-OH is 1. The minimum atomic E-state index is -0.993. The molecule has 1 N–H and O–H groups in total. The monoisotopic (exact) mass is 142 g/mol. The lowest BCUT2D eigenvalue weighted by Gasteiger charge is -2.12. The van der Waals surface area contributed by atoms with Crippen molar-refractivity contribution in [3.8, 4) is 0 Å². The molecule has 10 heavy (non-hydrogen) atoms. The first-order valence-corrected chi connectivity index (χ1v) is 2.77. The molecule has 0 saturated carbocycles. The number of rotatable bonds is 0. The van der Waals surface area contributed by atoms with Gasteiger partial charge < -0.3 is 9.84 Å². The molecule has 4 nitrogen and oxygen atoms in total. The van der Waals surface area contributed by atoms with Crippen LogP contribution in [0.3, 0.4) is 0 Å². The molecule has 4 heteroatoms. The number of carbonyl (C=O) groups is 2. The van der Waals surface area contributed by atoms with Gasteiger partial charge in [-0.15, -0.1) is 0 Å². The lowest BCUT2D eigenvalue weighted by molar-refractivity contribution is -0.156. The Hall–Kier alpha value is -1.32. The first-order valence-electron chi connectivity index (χ1n) is 2.77. The Labute approximate surface area is 57.1 Å². The van der Waals surface area contributed by atoms with Gasteiger partial charge in [-0.3, -0.25) is 4.79 Å². The van der Waals surface area contributed by atoms with Crippen LogP contribution in [0, 0.1) is 0 Å². The predicted octanol–water partition coefficient (Wildman–Crippen LogP) is -0.0573. The van der Waals surface area contributed by atoms with Crippen LogP contribution in [0.5, 0.6) is 0 Å². The number of hydrogen-bond donors (Lipinski definition) is 1. The maximum absolute atomic E-state index is 10.5. The van der Waals surface area contributed by atoms with E-state index in [2.05, 4.69) is 4.74 Å². The molecule has 0 aromatic heterocycles. The molecule has 1 heterocycles. The number of cyclic esters (lactones) is 1. The van der Waals surface area contributed by atoms with Crippen molar-refractivity contribution in [2.24, 2.45) is 0 Å². The molecule has 1 aliphatic heterocycles. The van der Waals surface area contributed by atoms with Crippen LogP contribution in [0.25, 0.3) is 0 Å². The molecule has 0 spiro atoms. The summed E-state index contributed by atoms with van der Waals surface area (Å²) in [6.45, 7) is 1.56. The highest BCUT2D eigenvalue weighted by atomic mass is 16.6. The molecule has 0 amide bonds. The predicted molar refractivity (Wildman–Crippen MR) is 31.3 cm³/mol. The number of hydrogen-bond acceptors (Lipinski definition) is 4. The topological polar surface area (TPSA) is 63.6 Å². The third-order valence-corrected chi connectivity index (χ3v) is 1.10. The van der Waals surface area contributed by atoms with E-state index in [4.69, 9.17) is 5.11 Å². The first-order chi connectivity index (χ1) is 4.61. The van der Waals surface area contributed by atoms with E-state index in [-0.39, 0.29) is 0 Å². The molecule has 0 saturated heterocycles. The summed E-state index contributed by atoms with van der Waals surface area (Å²) in [5.41, 5.74) is 0. The average Bonchev–Trinajstić information content (AvgIpc) is 1.82. The van der Waals surface area contributed by atoms with Crippen LogP contribution in [0.15, 0.2) is 11.8 Å². The summed E-state index contributed by atoms with van der Waals surface area (Å²) < 4.78 is 4.44. The normalized spacial score (nSPS) is 25.7. The van der Waals surface area contributed by atoms with Crippen molar-refractivity contribution in [1.29, 1.82) is 0 Å². The summed E-state index contributed by atoms with van der Waals surface area (Å²) in [5, 5.41) is 8.73. The fourth-order valence-corrected chi connectivity index (χ4v) is 0.659. The maximum Gasteiger partial charge on any atom is 0.383 e. The summed E-state index contributed by atoms with van der Waals surface area (Å²) in [6.07, 6.45) is 0.675. The Morgan fingerprint density at radius 2 is 2.20 bits per heavy atom. The zero-order valence-electron chi connectivity index (χ0n) is 5.33. The SMILES string of the molecule is CC1C=C(O)C(=O)C(=O)O1. The average molecular weight is 142 g/mol. The van der Waals surface area contributed by atoms with Gasteiger partial charge in [0.2, 0.25) is 0 Å². The van der Waals surface area contributed by atoms with Gasteiger partial charge in [-0.05, 0) is 6.92 Å². The van der Waals surface area contributed by atoms with Crippen molar-refractivity contribution < 1.29 is 19.4 Å². The lowest BCUT2D eigenvalue weighted by Crippen LogP contribution is -2.28. The Morgan fingerprint density at radius 3 is 2.70 bits per heavy atom. The van der Waals surface area contributed by atoms with Crippen LogP contribution in [-0.2, 0) is 14.3 Å². The van der Waals surface area contributed by atoms with Crippen molar-refractivity contribution in [3.05, 3.63) is 11.8 Å². The zero-order valence-corrected chi connectivity index (χ0v) is 5.33. The first kappa shape index (κ1) is 6.80. The quantitative estimate of drug-likeness (QED) is 0.380. The van der Waals surface area contributed by atoms with Gasteiger partial charge in [0.25, 0.3) is 0 Å². The van der Waals surface area contributed by atoms with Gasteiger partial charge in [-0.2, -0.15) is 0 Å². The highest BCUT2D eigenvalue weighted by Crippen LogP contribution is 2.07. The molecule has 1 rings (SSSR count). The van der Waals surface area contributed by atoms with E-state index < -0.39 is 23.6 Å². The van der Waals surface area contributed by atoms with Crippen molar-refractivity contribution in [2.45, 2.75) is 13.0 Å². The van der Waals surface area contributed by atoms with Crippen LogP contribution in [-0.4, -0.2) is 23.0 Å². The zero-order chi connectivity index (χ0) is 7.72. The molecule has 1 aliphatic rings. The van der Waals surface area contributed by atoms with E-state index in [0.717, 1.165) is 0 Å². The number of ether oxygens (including phenoxy) is 1. The molecule has 0 aromatic rings. The van der Waals surface area contributed by atoms with Crippen LogP contribution in [0.2, 0.25) is 0 Å². The van der Waals surface area contributed by atoms with Gasteiger partial charge in [0, 0.05) is 6.08 Å². The fourth-order valence-electron chi connectivity index (χ4n) is 0.659. The second kappa shape index (κ2) is 2.13. The second-order valence-corrected chi connectivity index (χ2v) is 1.99. The van der Waals surface area contributed by atoms with Crippen LogP contribution >= 0.6 is 0 Å². The highest BCUT2D eigenvalue weighted by molar-refractivity contribution is 6.40. The van der Waals surface area contributed by atoms with Gasteiger partial charge >= 0.3 is 11.8 Å². The molecule has 1 atom stereocenters. The highest BCUT2D eigenvalue weighted by Gasteiger charge is 2.27. The van der Waals surface area contributed by atoms with E-state index >= 15 is 0 Å². The molecule has 54 valence electrons. The third kappa shape index (κ3) is 1.00. The number of Topliss-reactive ketones (excluding diaryl/α,β-unsaturated/α-hetero) is 1. The number of carbonyl (C=O) groups excluding carboxylic acids is 2. The van der Waals surface area contributed by atoms with E-state index in [1.54, 1.807) is 6.92 Å². The smallest absolute Gasteiger partial charge is 0.383 e. The van der Waals surface area contributed by atoms with Gasteiger partial charge in [-0.1, -0.05) is 0 Å². The summed E-state index contributed by atoms with van der Waals surface area (Å²) in [7, 11) is 0. The molecule has 0 bridgehead atoms. The number of aliphatic hydroxyl groups is 1. The van der Waals surface area contributed by atoms with Crippen molar-refractivity contribution >= 4 is 11.8 Å². The molecule has 1 unspecified atom stereocenters. The van der Waals surface area contributed by atoms with Gasteiger partial charge in [-0.25, -0.2) is 4.79 Å². The van der Waals surface area contributed by atoms with Crippen molar-refractivity contribution in [1.82, 2.24) is 0 Å². The Morgan fingerprint density at radius 1 is 1.60 bits per heavy atom.